The SMILES string of the molecule is COc1cc(C2(N)CCCCC2)cc(Br)c1OC1CC1. The maximum atomic E-state index is 6.62. The molecule has 0 radical (unpaired) electrons. The lowest BCUT2D eigenvalue weighted by Gasteiger charge is -2.34. The third kappa shape index (κ3) is 2.82. The van der Waals surface area contributed by atoms with E-state index >= 15 is 0 Å². The summed E-state index contributed by atoms with van der Waals surface area (Å²) in [4.78, 5) is 0. The molecule has 1 aromatic rings. The van der Waals surface area contributed by atoms with Gasteiger partial charge in [0.05, 0.1) is 17.7 Å². The predicted molar refractivity (Wildman–Crippen MR) is 83.3 cm³/mol. The molecule has 2 saturated carbocycles. The number of hydrogen-bond acceptors (Lipinski definition) is 3. The van der Waals surface area contributed by atoms with Crippen LogP contribution in [0.3, 0.4) is 0 Å². The summed E-state index contributed by atoms with van der Waals surface area (Å²) in [5, 5.41) is 0. The molecule has 2 aliphatic rings. The molecule has 110 valence electrons. The van der Waals surface area contributed by atoms with Gasteiger partial charge in [0, 0.05) is 5.54 Å². The van der Waals surface area contributed by atoms with Gasteiger partial charge in [0.1, 0.15) is 0 Å². The van der Waals surface area contributed by atoms with Crippen LogP contribution in [0.4, 0.5) is 0 Å². The standard InChI is InChI=1S/C16H22BrNO2/c1-19-14-10-11(16(18)7-3-2-4-8-16)9-13(17)15(14)20-12-5-6-12/h9-10,12H,2-8,18H2,1H3. The maximum Gasteiger partial charge on any atom is 0.175 e. The summed E-state index contributed by atoms with van der Waals surface area (Å²) in [5.74, 6) is 1.61. The highest BCUT2D eigenvalue weighted by Gasteiger charge is 2.32. The monoisotopic (exact) mass is 339 g/mol. The molecule has 0 atom stereocenters. The maximum absolute atomic E-state index is 6.62. The van der Waals surface area contributed by atoms with Crippen LogP contribution in [0.25, 0.3) is 0 Å². The molecule has 0 saturated heterocycles. The minimum Gasteiger partial charge on any atom is -0.493 e. The number of methoxy groups -OCH3 is 1. The molecular weight excluding hydrogens is 318 g/mol. The van der Waals surface area contributed by atoms with Gasteiger partial charge in [0.2, 0.25) is 0 Å². The van der Waals surface area contributed by atoms with Crippen molar-refractivity contribution in [2.45, 2.75) is 56.6 Å². The number of hydrogen-bond donors (Lipinski definition) is 1. The summed E-state index contributed by atoms with van der Waals surface area (Å²) in [6.45, 7) is 0. The fourth-order valence-electron chi connectivity index (χ4n) is 2.95. The Bertz CT molecular complexity index is 493. The summed E-state index contributed by atoms with van der Waals surface area (Å²) in [7, 11) is 1.69. The molecule has 1 aromatic carbocycles. The predicted octanol–water partition coefficient (Wildman–Crippen LogP) is 4.12. The minimum atomic E-state index is -0.216. The molecule has 0 aromatic heterocycles. The lowest BCUT2D eigenvalue weighted by Crippen LogP contribution is -2.38. The second kappa shape index (κ2) is 5.57. The number of nitrogens with two attached hydrogens (primary N) is 1. The Morgan fingerprint density at radius 3 is 2.50 bits per heavy atom. The molecule has 20 heavy (non-hydrogen) atoms. The van der Waals surface area contributed by atoms with Gasteiger partial charge in [-0.15, -0.1) is 0 Å². The van der Waals surface area contributed by atoms with Crippen molar-refractivity contribution in [2.24, 2.45) is 5.73 Å². The van der Waals surface area contributed by atoms with E-state index in [0.29, 0.717) is 6.10 Å². The first-order valence-electron chi connectivity index (χ1n) is 7.46. The summed E-state index contributed by atoms with van der Waals surface area (Å²) in [5.41, 5.74) is 7.56. The zero-order chi connectivity index (χ0) is 14.2. The summed E-state index contributed by atoms with van der Waals surface area (Å²) in [6.07, 6.45) is 8.42. The van der Waals surface area contributed by atoms with E-state index in [1.165, 1.54) is 19.3 Å². The zero-order valence-corrected chi connectivity index (χ0v) is 13.5. The fraction of sp³-hybridized carbons (Fsp3) is 0.625. The lowest BCUT2D eigenvalue weighted by atomic mass is 9.77. The highest BCUT2D eigenvalue weighted by Crippen LogP contribution is 2.44. The molecule has 0 spiro atoms. The van der Waals surface area contributed by atoms with E-state index in [0.717, 1.165) is 47.2 Å². The van der Waals surface area contributed by atoms with Crippen molar-refractivity contribution in [3.8, 4) is 11.5 Å². The fourth-order valence-corrected chi connectivity index (χ4v) is 3.48. The van der Waals surface area contributed by atoms with Gasteiger partial charge < -0.3 is 15.2 Å². The highest BCUT2D eigenvalue weighted by molar-refractivity contribution is 9.10. The van der Waals surface area contributed by atoms with E-state index in [4.69, 9.17) is 15.2 Å². The first kappa shape index (κ1) is 14.2. The van der Waals surface area contributed by atoms with Gasteiger partial charge in [-0.3, -0.25) is 0 Å². The van der Waals surface area contributed by atoms with Crippen LogP contribution in [-0.2, 0) is 5.54 Å². The Morgan fingerprint density at radius 1 is 1.20 bits per heavy atom. The number of benzene rings is 1. The Morgan fingerprint density at radius 2 is 1.90 bits per heavy atom. The topological polar surface area (TPSA) is 44.5 Å². The van der Waals surface area contributed by atoms with Gasteiger partial charge in [-0.1, -0.05) is 19.3 Å². The quantitative estimate of drug-likeness (QED) is 0.897. The van der Waals surface area contributed by atoms with Crippen molar-refractivity contribution in [1.29, 1.82) is 0 Å². The molecule has 3 rings (SSSR count). The van der Waals surface area contributed by atoms with Crippen molar-refractivity contribution in [3.63, 3.8) is 0 Å². The van der Waals surface area contributed by atoms with E-state index in [2.05, 4.69) is 28.1 Å². The van der Waals surface area contributed by atoms with E-state index in [1.807, 2.05) is 0 Å². The normalized spacial score (nSPS) is 21.6. The minimum absolute atomic E-state index is 0.216. The third-order valence-electron chi connectivity index (χ3n) is 4.36. The number of rotatable bonds is 4. The first-order valence-corrected chi connectivity index (χ1v) is 8.25. The lowest BCUT2D eigenvalue weighted by molar-refractivity contribution is 0.276. The van der Waals surface area contributed by atoms with Crippen molar-refractivity contribution in [1.82, 2.24) is 0 Å². The molecule has 0 heterocycles. The van der Waals surface area contributed by atoms with Gasteiger partial charge in [0.15, 0.2) is 11.5 Å². The molecule has 2 aliphatic carbocycles. The van der Waals surface area contributed by atoms with Crippen LogP contribution in [0.15, 0.2) is 16.6 Å². The van der Waals surface area contributed by atoms with E-state index in [9.17, 15) is 0 Å². The van der Waals surface area contributed by atoms with E-state index < -0.39 is 0 Å². The second-order valence-electron chi connectivity index (χ2n) is 6.02. The average molecular weight is 340 g/mol. The van der Waals surface area contributed by atoms with Crippen LogP contribution in [0.5, 0.6) is 11.5 Å². The first-order chi connectivity index (χ1) is 9.62. The molecule has 0 amide bonds. The molecular formula is C16H22BrNO2. The molecule has 2 fully saturated rings. The molecule has 4 heteroatoms. The average Bonchev–Trinajstić information content (AvgIpc) is 3.25. The van der Waals surface area contributed by atoms with Crippen LogP contribution in [-0.4, -0.2) is 13.2 Å². The van der Waals surface area contributed by atoms with Crippen LogP contribution in [0.1, 0.15) is 50.5 Å². The van der Waals surface area contributed by atoms with Crippen LogP contribution in [0.2, 0.25) is 0 Å². The van der Waals surface area contributed by atoms with Gasteiger partial charge in [0.25, 0.3) is 0 Å². The summed E-state index contributed by atoms with van der Waals surface area (Å²) in [6, 6.07) is 4.18. The van der Waals surface area contributed by atoms with Gasteiger partial charge in [-0.05, 0) is 59.3 Å². The summed E-state index contributed by atoms with van der Waals surface area (Å²) < 4.78 is 12.4. The Labute approximate surface area is 129 Å². The molecule has 0 unspecified atom stereocenters. The van der Waals surface area contributed by atoms with Gasteiger partial charge >= 0.3 is 0 Å². The van der Waals surface area contributed by atoms with Crippen molar-refractivity contribution >= 4 is 15.9 Å². The van der Waals surface area contributed by atoms with Gasteiger partial charge in [-0.25, -0.2) is 0 Å². The van der Waals surface area contributed by atoms with Crippen molar-refractivity contribution in [2.75, 3.05) is 7.11 Å². The molecule has 3 nitrogen and oxygen atoms in total. The zero-order valence-electron chi connectivity index (χ0n) is 12.0. The Hall–Kier alpha value is -0.740. The van der Waals surface area contributed by atoms with E-state index in [1.54, 1.807) is 7.11 Å². The highest BCUT2D eigenvalue weighted by atomic mass is 79.9. The third-order valence-corrected chi connectivity index (χ3v) is 4.95. The van der Waals surface area contributed by atoms with Crippen molar-refractivity contribution in [3.05, 3.63) is 22.2 Å². The molecule has 2 N–H and O–H groups in total. The van der Waals surface area contributed by atoms with E-state index in [-0.39, 0.29) is 5.54 Å². The van der Waals surface area contributed by atoms with Crippen molar-refractivity contribution < 1.29 is 9.47 Å². The number of ether oxygens (including phenoxy) is 2. The second-order valence-corrected chi connectivity index (χ2v) is 6.88. The smallest absolute Gasteiger partial charge is 0.175 e. The molecule has 0 bridgehead atoms. The van der Waals surface area contributed by atoms with Gasteiger partial charge in [-0.2, -0.15) is 0 Å². The molecule has 0 aliphatic heterocycles. The largest absolute Gasteiger partial charge is 0.493 e. The van der Waals surface area contributed by atoms with Crippen LogP contribution < -0.4 is 15.2 Å². The Kier molecular flexibility index (Phi) is 3.95. The van der Waals surface area contributed by atoms with Crippen LogP contribution in [0, 0.1) is 0 Å². The van der Waals surface area contributed by atoms with Crippen LogP contribution >= 0.6 is 15.9 Å². The summed E-state index contributed by atoms with van der Waals surface area (Å²) >= 11 is 3.63. The Balaban J connectivity index is 1.93. The number of halogens is 1.